The summed E-state index contributed by atoms with van der Waals surface area (Å²) in [6.07, 6.45) is 0. The molecule has 2 aromatic carbocycles. The van der Waals surface area contributed by atoms with Gasteiger partial charge in [0.2, 0.25) is 10.0 Å². The van der Waals surface area contributed by atoms with E-state index in [1.165, 1.54) is 11.0 Å². The molecule has 1 heterocycles. The Labute approximate surface area is 148 Å². The maximum Gasteiger partial charge on any atom is 0.243 e. The summed E-state index contributed by atoms with van der Waals surface area (Å²) < 4.78 is 40.7. The third kappa shape index (κ3) is 4.08. The molecule has 0 radical (unpaired) electrons. The molecular weight excluding hydrogens is 339 g/mol. The van der Waals surface area contributed by atoms with Crippen molar-refractivity contribution in [3.05, 3.63) is 65.0 Å². The third-order valence-corrected chi connectivity index (χ3v) is 6.78. The van der Waals surface area contributed by atoms with Crippen molar-refractivity contribution in [2.24, 2.45) is 0 Å². The number of quaternary nitrogens is 1. The Morgan fingerprint density at radius 1 is 1.08 bits per heavy atom. The Morgan fingerprint density at radius 3 is 2.44 bits per heavy atom. The van der Waals surface area contributed by atoms with E-state index in [1.807, 2.05) is 32.0 Å². The molecule has 25 heavy (non-hydrogen) atoms. The quantitative estimate of drug-likeness (QED) is 0.895. The Kier molecular flexibility index (Phi) is 5.22. The van der Waals surface area contributed by atoms with Crippen LogP contribution in [0.2, 0.25) is 0 Å². The first-order valence-corrected chi connectivity index (χ1v) is 9.96. The maximum absolute atomic E-state index is 13.3. The van der Waals surface area contributed by atoms with Gasteiger partial charge in [-0.15, -0.1) is 0 Å². The summed E-state index contributed by atoms with van der Waals surface area (Å²) in [6, 6.07) is 12.1. The van der Waals surface area contributed by atoms with E-state index in [1.54, 1.807) is 22.5 Å². The van der Waals surface area contributed by atoms with E-state index in [9.17, 15) is 12.8 Å². The highest BCUT2D eigenvalue weighted by molar-refractivity contribution is 7.89. The molecule has 0 amide bonds. The second kappa shape index (κ2) is 7.23. The summed E-state index contributed by atoms with van der Waals surface area (Å²) in [7, 11) is -3.45. The van der Waals surface area contributed by atoms with Crippen LogP contribution in [0.25, 0.3) is 0 Å². The van der Waals surface area contributed by atoms with E-state index in [-0.39, 0.29) is 5.82 Å². The van der Waals surface area contributed by atoms with Crippen LogP contribution in [0.15, 0.2) is 47.4 Å². The minimum atomic E-state index is -3.45. The van der Waals surface area contributed by atoms with Gasteiger partial charge in [0.05, 0.1) is 31.1 Å². The van der Waals surface area contributed by atoms with Gasteiger partial charge in [-0.25, -0.2) is 12.8 Å². The third-order valence-electron chi connectivity index (χ3n) is 4.72. The zero-order valence-electron chi connectivity index (χ0n) is 14.6. The number of aryl methyl sites for hydroxylation is 2. The molecule has 0 saturated carbocycles. The van der Waals surface area contributed by atoms with Gasteiger partial charge in [0, 0.05) is 5.56 Å². The van der Waals surface area contributed by atoms with Gasteiger partial charge in [-0.2, -0.15) is 4.31 Å². The van der Waals surface area contributed by atoms with Crippen LogP contribution in [-0.4, -0.2) is 38.9 Å². The topological polar surface area (TPSA) is 41.8 Å². The van der Waals surface area contributed by atoms with Crippen molar-refractivity contribution >= 4 is 10.0 Å². The van der Waals surface area contributed by atoms with Gasteiger partial charge in [0.1, 0.15) is 12.4 Å². The smallest absolute Gasteiger partial charge is 0.243 e. The molecule has 0 bridgehead atoms. The van der Waals surface area contributed by atoms with Crippen molar-refractivity contribution in [3.8, 4) is 0 Å². The number of halogens is 1. The second-order valence-corrected chi connectivity index (χ2v) is 8.64. The van der Waals surface area contributed by atoms with Gasteiger partial charge in [0.15, 0.2) is 0 Å². The summed E-state index contributed by atoms with van der Waals surface area (Å²) >= 11 is 0. The van der Waals surface area contributed by atoms with Gasteiger partial charge in [-0.05, 0) is 37.6 Å². The van der Waals surface area contributed by atoms with Crippen molar-refractivity contribution < 1.29 is 17.7 Å². The van der Waals surface area contributed by atoms with E-state index < -0.39 is 10.0 Å². The van der Waals surface area contributed by atoms with Crippen LogP contribution in [0.3, 0.4) is 0 Å². The van der Waals surface area contributed by atoms with Crippen LogP contribution in [0.1, 0.15) is 16.7 Å². The molecule has 0 aliphatic carbocycles. The van der Waals surface area contributed by atoms with Crippen molar-refractivity contribution in [3.63, 3.8) is 0 Å². The minimum absolute atomic E-state index is 0.229. The van der Waals surface area contributed by atoms with E-state index in [4.69, 9.17) is 0 Å². The molecule has 2 aromatic rings. The van der Waals surface area contributed by atoms with Crippen LogP contribution in [-0.2, 0) is 16.6 Å². The lowest BCUT2D eigenvalue weighted by Gasteiger charge is -2.32. The lowest BCUT2D eigenvalue weighted by molar-refractivity contribution is -0.917. The first-order chi connectivity index (χ1) is 11.9. The monoisotopic (exact) mass is 363 g/mol. The number of sulfonamides is 1. The maximum atomic E-state index is 13.3. The van der Waals surface area contributed by atoms with Crippen molar-refractivity contribution in [1.82, 2.24) is 4.31 Å². The molecule has 1 fully saturated rings. The number of benzene rings is 2. The second-order valence-electron chi connectivity index (χ2n) is 6.73. The van der Waals surface area contributed by atoms with Gasteiger partial charge >= 0.3 is 0 Å². The summed E-state index contributed by atoms with van der Waals surface area (Å²) in [5.74, 6) is -0.229. The lowest BCUT2D eigenvalue weighted by Crippen LogP contribution is -3.13. The number of hydrogen-bond donors (Lipinski definition) is 1. The Balaban J connectivity index is 1.67. The van der Waals surface area contributed by atoms with Crippen LogP contribution in [0.5, 0.6) is 0 Å². The number of nitrogens with one attached hydrogen (secondary N) is 1. The average molecular weight is 363 g/mol. The Hall–Kier alpha value is -1.76. The number of nitrogens with zero attached hydrogens (tertiary/aromatic N) is 1. The lowest BCUT2D eigenvalue weighted by atomic mass is 10.2. The largest absolute Gasteiger partial charge is 0.329 e. The molecule has 134 valence electrons. The summed E-state index contributed by atoms with van der Waals surface area (Å²) in [5, 5.41) is 0. The predicted molar refractivity (Wildman–Crippen MR) is 95.5 cm³/mol. The van der Waals surface area contributed by atoms with Gasteiger partial charge < -0.3 is 4.90 Å². The normalized spacial score (nSPS) is 16.9. The van der Waals surface area contributed by atoms with E-state index in [2.05, 4.69) is 0 Å². The first-order valence-electron chi connectivity index (χ1n) is 8.52. The van der Waals surface area contributed by atoms with E-state index in [0.717, 1.165) is 36.3 Å². The standard InChI is InChI=1S/C19H23FN2O2S/c1-15-6-7-19(16(2)12-15)25(23,24)22-10-8-21(9-11-22)14-17-4-3-5-18(20)13-17/h3-7,12-13H,8-11,14H2,1-2H3/p+1. The molecule has 0 atom stereocenters. The Bertz CT molecular complexity index is 859. The molecular formula is C19H24FN2O2S+. The molecule has 1 N–H and O–H groups in total. The first kappa shape index (κ1) is 18.0. The predicted octanol–water partition coefficient (Wildman–Crippen LogP) is 1.53. The molecule has 1 saturated heterocycles. The molecule has 0 spiro atoms. The summed E-state index contributed by atoms with van der Waals surface area (Å²) in [6.45, 7) is 6.93. The minimum Gasteiger partial charge on any atom is -0.329 e. The van der Waals surface area contributed by atoms with Gasteiger partial charge in [-0.3, -0.25) is 0 Å². The van der Waals surface area contributed by atoms with Crippen LogP contribution in [0.4, 0.5) is 4.39 Å². The highest BCUT2D eigenvalue weighted by atomic mass is 32.2. The SMILES string of the molecule is Cc1ccc(S(=O)(=O)N2CC[NH+](Cc3cccc(F)c3)CC2)c(C)c1. The summed E-state index contributed by atoms with van der Waals surface area (Å²) in [4.78, 5) is 1.67. The zero-order valence-corrected chi connectivity index (χ0v) is 15.4. The average Bonchev–Trinajstić information content (AvgIpc) is 2.55. The van der Waals surface area contributed by atoms with Gasteiger partial charge in [-0.1, -0.05) is 29.8 Å². The fraction of sp³-hybridized carbons (Fsp3) is 0.368. The van der Waals surface area contributed by atoms with Crippen molar-refractivity contribution in [2.45, 2.75) is 25.3 Å². The Morgan fingerprint density at radius 2 is 1.80 bits per heavy atom. The molecule has 1 aliphatic rings. The van der Waals surface area contributed by atoms with Crippen LogP contribution < -0.4 is 4.90 Å². The molecule has 4 nitrogen and oxygen atoms in total. The number of rotatable bonds is 4. The fourth-order valence-corrected chi connectivity index (χ4v) is 5.03. The molecule has 0 unspecified atom stereocenters. The van der Waals surface area contributed by atoms with Crippen LogP contribution in [0, 0.1) is 19.7 Å². The fourth-order valence-electron chi connectivity index (χ4n) is 3.38. The molecule has 6 heteroatoms. The molecule has 0 aromatic heterocycles. The van der Waals surface area contributed by atoms with Crippen molar-refractivity contribution in [2.75, 3.05) is 26.2 Å². The van der Waals surface area contributed by atoms with Gasteiger partial charge in [0.25, 0.3) is 0 Å². The highest BCUT2D eigenvalue weighted by Crippen LogP contribution is 2.20. The van der Waals surface area contributed by atoms with E-state index in [0.29, 0.717) is 18.0 Å². The zero-order chi connectivity index (χ0) is 18.0. The van der Waals surface area contributed by atoms with Crippen LogP contribution >= 0.6 is 0 Å². The van der Waals surface area contributed by atoms with E-state index >= 15 is 0 Å². The highest BCUT2D eigenvalue weighted by Gasteiger charge is 2.31. The van der Waals surface area contributed by atoms with Crippen molar-refractivity contribution in [1.29, 1.82) is 0 Å². The summed E-state index contributed by atoms with van der Waals surface area (Å²) in [5.41, 5.74) is 2.79. The number of piperazine rings is 1. The molecule has 3 rings (SSSR count). The number of hydrogen-bond acceptors (Lipinski definition) is 2. The molecule has 1 aliphatic heterocycles.